The van der Waals surface area contributed by atoms with E-state index in [1.807, 2.05) is 75.9 Å². The summed E-state index contributed by atoms with van der Waals surface area (Å²) >= 11 is 8.29. The summed E-state index contributed by atoms with van der Waals surface area (Å²) in [6.45, 7) is 10.6. The van der Waals surface area contributed by atoms with Crippen molar-refractivity contribution in [2.45, 2.75) is 78.4 Å². The maximum atomic E-state index is 14.5. The first-order valence-corrected chi connectivity index (χ1v) is 16.7. The SMILES string of the molecule is COc1ccc(-c2cc(C)nc(C)c2)cc1CN(C(=O)c1sc2ccccc2c1Cl)C1CCC(CN(C(=O)O)C(C)(C)C)CC1. The Morgan fingerprint density at radius 1 is 1.00 bits per heavy atom. The number of hydrogen-bond acceptors (Lipinski definition) is 5. The molecule has 0 spiro atoms. The van der Waals surface area contributed by atoms with Crippen molar-refractivity contribution in [2.24, 2.45) is 5.92 Å². The van der Waals surface area contributed by atoms with Crippen LogP contribution < -0.4 is 4.74 Å². The molecule has 7 nitrogen and oxygen atoms in total. The average molecular weight is 648 g/mol. The van der Waals surface area contributed by atoms with Gasteiger partial charge in [-0.1, -0.05) is 35.9 Å². The first-order chi connectivity index (χ1) is 21.3. The van der Waals surface area contributed by atoms with Gasteiger partial charge in [-0.25, -0.2) is 4.79 Å². The Morgan fingerprint density at radius 3 is 2.27 bits per heavy atom. The van der Waals surface area contributed by atoms with E-state index in [1.165, 1.54) is 16.2 Å². The lowest BCUT2D eigenvalue weighted by molar-refractivity contribution is 0.0535. The zero-order chi connectivity index (χ0) is 32.5. The van der Waals surface area contributed by atoms with Crippen LogP contribution in [-0.2, 0) is 6.54 Å². The quantitative estimate of drug-likeness (QED) is 0.206. The number of aryl methyl sites for hydroxylation is 2. The molecule has 2 heterocycles. The van der Waals surface area contributed by atoms with Gasteiger partial charge in [0.15, 0.2) is 0 Å². The molecule has 0 radical (unpaired) electrons. The molecular formula is C36H42ClN3O4S. The molecule has 2 amide bonds. The van der Waals surface area contributed by atoms with Crippen molar-refractivity contribution in [1.82, 2.24) is 14.8 Å². The molecule has 238 valence electrons. The Morgan fingerprint density at radius 2 is 1.67 bits per heavy atom. The molecule has 1 saturated carbocycles. The summed E-state index contributed by atoms with van der Waals surface area (Å²) in [5.74, 6) is 0.865. The van der Waals surface area contributed by atoms with Crippen LogP contribution in [0, 0.1) is 19.8 Å². The van der Waals surface area contributed by atoms with Crippen molar-refractivity contribution >= 4 is 45.0 Å². The van der Waals surface area contributed by atoms with Gasteiger partial charge in [0.2, 0.25) is 0 Å². The van der Waals surface area contributed by atoms with Crippen molar-refractivity contribution in [1.29, 1.82) is 0 Å². The summed E-state index contributed by atoms with van der Waals surface area (Å²) in [4.78, 5) is 35.1. The molecule has 2 aromatic carbocycles. The third-order valence-electron chi connectivity index (χ3n) is 8.76. The molecule has 1 aliphatic carbocycles. The lowest BCUT2D eigenvalue weighted by atomic mass is 9.84. The maximum Gasteiger partial charge on any atom is 0.407 e. The first kappa shape index (κ1) is 32.8. The van der Waals surface area contributed by atoms with Gasteiger partial charge in [-0.15, -0.1) is 11.3 Å². The second-order valence-electron chi connectivity index (χ2n) is 13.1. The fourth-order valence-corrected chi connectivity index (χ4v) is 7.92. The second kappa shape index (κ2) is 13.4. The zero-order valence-corrected chi connectivity index (χ0v) is 28.5. The minimum absolute atomic E-state index is 0.0262. The Kier molecular flexibility index (Phi) is 9.75. The zero-order valence-electron chi connectivity index (χ0n) is 26.9. The fraction of sp³-hybridized carbons (Fsp3) is 0.417. The number of halogens is 1. The van der Waals surface area contributed by atoms with Crippen LogP contribution in [-0.4, -0.2) is 57.1 Å². The normalized spacial score (nSPS) is 16.9. The molecular weight excluding hydrogens is 606 g/mol. The van der Waals surface area contributed by atoms with Gasteiger partial charge in [0, 0.05) is 51.7 Å². The van der Waals surface area contributed by atoms with Crippen LogP contribution in [0.3, 0.4) is 0 Å². The summed E-state index contributed by atoms with van der Waals surface area (Å²) in [5, 5.41) is 11.2. The summed E-state index contributed by atoms with van der Waals surface area (Å²) in [7, 11) is 1.66. The molecule has 2 aromatic heterocycles. The predicted molar refractivity (Wildman–Crippen MR) is 183 cm³/mol. The Bertz CT molecular complexity index is 1680. The Balaban J connectivity index is 1.48. The largest absolute Gasteiger partial charge is 0.496 e. The highest BCUT2D eigenvalue weighted by molar-refractivity contribution is 7.21. The molecule has 1 fully saturated rings. The van der Waals surface area contributed by atoms with Gasteiger partial charge < -0.3 is 19.6 Å². The maximum absolute atomic E-state index is 14.5. The number of amides is 2. The Hall–Kier alpha value is -3.62. The molecule has 45 heavy (non-hydrogen) atoms. The van der Waals surface area contributed by atoms with Gasteiger partial charge in [-0.3, -0.25) is 9.78 Å². The number of benzene rings is 2. The third-order valence-corrected chi connectivity index (χ3v) is 10.4. The van der Waals surface area contributed by atoms with Gasteiger partial charge >= 0.3 is 6.09 Å². The van der Waals surface area contributed by atoms with E-state index in [2.05, 4.69) is 23.2 Å². The highest BCUT2D eigenvalue weighted by Crippen LogP contribution is 2.39. The molecule has 1 N–H and O–H groups in total. The molecule has 0 atom stereocenters. The number of fused-ring (bicyclic) bond motifs is 1. The van der Waals surface area contributed by atoms with Crippen molar-refractivity contribution in [2.75, 3.05) is 13.7 Å². The minimum atomic E-state index is -0.896. The standard InChI is InChI=1S/C36H42ClN3O4S/c1-22-17-26(18-23(2)38-22)25-13-16-30(44-6)27(19-25)21-39(34(41)33-32(37)29-9-7-8-10-31(29)45-33)28-14-11-24(12-15-28)20-40(35(42)43)36(3,4)5/h7-10,13,16-19,24,28H,11-12,14-15,20-21H2,1-6H3,(H,42,43). The summed E-state index contributed by atoms with van der Waals surface area (Å²) < 4.78 is 6.79. The highest BCUT2D eigenvalue weighted by atomic mass is 35.5. The van der Waals surface area contributed by atoms with E-state index in [0.717, 1.165) is 69.6 Å². The number of rotatable bonds is 8. The van der Waals surface area contributed by atoms with Gasteiger partial charge in [0.05, 0.1) is 12.1 Å². The van der Waals surface area contributed by atoms with E-state index >= 15 is 0 Å². The van der Waals surface area contributed by atoms with Crippen molar-refractivity contribution in [3.63, 3.8) is 0 Å². The number of methoxy groups -OCH3 is 1. The molecule has 9 heteroatoms. The number of hydrogen-bond donors (Lipinski definition) is 1. The van der Waals surface area contributed by atoms with Crippen LogP contribution in [0.1, 0.15) is 73.1 Å². The number of carboxylic acid groups (broad SMARTS) is 1. The van der Waals surface area contributed by atoms with Gasteiger partial charge in [-0.2, -0.15) is 0 Å². The number of nitrogens with zero attached hydrogens (tertiary/aromatic N) is 3. The average Bonchev–Trinajstić information content (AvgIpc) is 3.33. The number of carbonyl (C=O) groups excluding carboxylic acids is 1. The monoisotopic (exact) mass is 647 g/mol. The molecule has 0 aliphatic heterocycles. The topological polar surface area (TPSA) is 83.0 Å². The van der Waals surface area contributed by atoms with Crippen LogP contribution >= 0.6 is 22.9 Å². The molecule has 1 aliphatic rings. The summed E-state index contributed by atoms with van der Waals surface area (Å²) in [5.41, 5.74) is 4.44. The molecule has 0 bridgehead atoms. The van der Waals surface area contributed by atoms with E-state index in [9.17, 15) is 14.7 Å². The molecule has 5 rings (SSSR count). The number of aromatic nitrogens is 1. The number of thiophene rings is 1. The predicted octanol–water partition coefficient (Wildman–Crippen LogP) is 9.22. The van der Waals surface area contributed by atoms with Crippen molar-refractivity contribution in [3.8, 4) is 16.9 Å². The van der Waals surface area contributed by atoms with Crippen LogP contribution in [0.4, 0.5) is 4.79 Å². The summed E-state index contributed by atoms with van der Waals surface area (Å²) in [6.07, 6.45) is 2.33. The van der Waals surface area contributed by atoms with Crippen LogP contribution in [0.5, 0.6) is 5.75 Å². The van der Waals surface area contributed by atoms with E-state index in [4.69, 9.17) is 16.3 Å². The number of carbonyl (C=O) groups is 2. The number of ether oxygens (including phenoxy) is 1. The molecule has 0 unspecified atom stereocenters. The Labute approximate surface area is 274 Å². The minimum Gasteiger partial charge on any atom is -0.496 e. The lowest BCUT2D eigenvalue weighted by Crippen LogP contribution is -2.48. The number of pyridine rings is 1. The van der Waals surface area contributed by atoms with E-state index in [1.54, 1.807) is 7.11 Å². The fourth-order valence-electron chi connectivity index (χ4n) is 6.45. The molecule has 4 aromatic rings. The van der Waals surface area contributed by atoms with E-state index in [-0.39, 0.29) is 17.9 Å². The third kappa shape index (κ3) is 7.28. The van der Waals surface area contributed by atoms with E-state index < -0.39 is 11.6 Å². The van der Waals surface area contributed by atoms with Crippen molar-refractivity contribution < 1.29 is 19.4 Å². The molecule has 0 saturated heterocycles. The lowest BCUT2D eigenvalue weighted by Gasteiger charge is -2.40. The van der Waals surface area contributed by atoms with Crippen LogP contribution in [0.25, 0.3) is 21.2 Å². The van der Waals surface area contributed by atoms with Crippen molar-refractivity contribution in [3.05, 3.63) is 81.4 Å². The van der Waals surface area contributed by atoms with E-state index in [0.29, 0.717) is 23.0 Å². The van der Waals surface area contributed by atoms with Crippen LogP contribution in [0.15, 0.2) is 54.6 Å². The highest BCUT2D eigenvalue weighted by Gasteiger charge is 2.35. The first-order valence-electron chi connectivity index (χ1n) is 15.5. The van der Waals surface area contributed by atoms with Gasteiger partial charge in [-0.05, 0) is 108 Å². The summed E-state index contributed by atoms with van der Waals surface area (Å²) in [6, 6.07) is 18.1. The van der Waals surface area contributed by atoms with Crippen LogP contribution in [0.2, 0.25) is 5.02 Å². The smallest absolute Gasteiger partial charge is 0.407 e. The van der Waals surface area contributed by atoms with Gasteiger partial charge in [0.1, 0.15) is 10.6 Å². The van der Waals surface area contributed by atoms with Gasteiger partial charge in [0.25, 0.3) is 5.91 Å². The second-order valence-corrected chi connectivity index (χ2v) is 14.5.